The van der Waals surface area contributed by atoms with E-state index in [1.165, 1.54) is 0 Å². The highest BCUT2D eigenvalue weighted by molar-refractivity contribution is 8.14. The highest BCUT2D eigenvalue weighted by Gasteiger charge is 2.17. The van der Waals surface area contributed by atoms with Gasteiger partial charge in [-0.2, -0.15) is 0 Å². The fourth-order valence-electron chi connectivity index (χ4n) is 1.62. The van der Waals surface area contributed by atoms with Crippen LogP contribution < -0.4 is 0 Å². The maximum absolute atomic E-state index is 11.8. The zero-order valence-corrected chi connectivity index (χ0v) is 12.8. The van der Waals surface area contributed by atoms with Gasteiger partial charge in [0.25, 0.3) is 0 Å². The highest BCUT2D eigenvalue weighted by atomic mass is 32.2. The van der Waals surface area contributed by atoms with Crippen LogP contribution in [0.3, 0.4) is 0 Å². The number of thioether (sulfide) groups is 1. The van der Waals surface area contributed by atoms with Crippen LogP contribution in [0.4, 0.5) is 0 Å². The average Bonchev–Trinajstić information content (AvgIpc) is 2.31. The number of carbonyl (C=O) groups excluding carboxylic acids is 1. The molecule has 0 bridgehead atoms. The van der Waals surface area contributed by atoms with Crippen LogP contribution in [0.15, 0.2) is 0 Å². The minimum absolute atomic E-state index is 0.00706. The number of rotatable bonds is 11. The van der Waals surface area contributed by atoms with Gasteiger partial charge in [0, 0.05) is 24.5 Å². The maximum Gasteiger partial charge on any atom is 0.303 e. The summed E-state index contributed by atoms with van der Waals surface area (Å²) in [5, 5.41) is 17.1. The van der Waals surface area contributed by atoms with Gasteiger partial charge in [-0.05, 0) is 39.9 Å². The highest BCUT2D eigenvalue weighted by Crippen LogP contribution is 2.24. The summed E-state index contributed by atoms with van der Waals surface area (Å²) in [6, 6.07) is 0. The number of carboxylic acids is 2. The maximum atomic E-state index is 11.8. The van der Waals surface area contributed by atoms with Gasteiger partial charge in [-0.3, -0.25) is 14.4 Å². The monoisotopic (exact) mass is 305 g/mol. The second kappa shape index (κ2) is 10.7. The van der Waals surface area contributed by atoms with Crippen molar-refractivity contribution in [3.05, 3.63) is 0 Å². The second-order valence-electron chi connectivity index (χ2n) is 4.88. The second-order valence-corrected chi connectivity index (χ2v) is 6.24. The van der Waals surface area contributed by atoms with Crippen LogP contribution in [0.5, 0.6) is 0 Å². The molecule has 0 aromatic heterocycles. The van der Waals surface area contributed by atoms with Gasteiger partial charge in [0.2, 0.25) is 0 Å². The van der Waals surface area contributed by atoms with E-state index in [1.807, 2.05) is 19.0 Å². The first-order valence-corrected chi connectivity index (χ1v) is 7.47. The summed E-state index contributed by atoms with van der Waals surface area (Å²) in [5.41, 5.74) is 0. The van der Waals surface area contributed by atoms with Gasteiger partial charge in [-0.15, -0.1) is 0 Å². The molecule has 0 aliphatic rings. The number of carboxylic acid groups (broad SMARTS) is 2. The van der Waals surface area contributed by atoms with Gasteiger partial charge >= 0.3 is 11.9 Å². The van der Waals surface area contributed by atoms with E-state index < -0.39 is 11.9 Å². The SMILES string of the molecule is CN(C)CCCC(=O)SC(CCC(=O)O)CCC(=O)O. The summed E-state index contributed by atoms with van der Waals surface area (Å²) in [6.45, 7) is 0.821. The Bertz CT molecular complexity index is 315. The zero-order valence-electron chi connectivity index (χ0n) is 12.0. The molecule has 0 aromatic rings. The standard InChI is InChI=1S/C13H23NO5S/c1-14(2)9-3-4-13(19)20-10(5-7-11(15)16)6-8-12(17)18/h10H,3-9H2,1-2H3,(H,15,16)(H,17,18). The van der Waals surface area contributed by atoms with Crippen molar-refractivity contribution < 1.29 is 24.6 Å². The first-order valence-electron chi connectivity index (χ1n) is 6.59. The van der Waals surface area contributed by atoms with Crippen LogP contribution in [-0.4, -0.2) is 58.1 Å². The van der Waals surface area contributed by atoms with Gasteiger partial charge in [-0.25, -0.2) is 0 Å². The first kappa shape index (κ1) is 18.9. The molecule has 0 fully saturated rings. The summed E-state index contributed by atoms with van der Waals surface area (Å²) in [5.74, 6) is -1.85. The first-order chi connectivity index (χ1) is 9.31. The van der Waals surface area contributed by atoms with Gasteiger partial charge < -0.3 is 15.1 Å². The summed E-state index contributed by atoms with van der Waals surface area (Å²) in [6.07, 6.45) is 1.76. The van der Waals surface area contributed by atoms with Crippen molar-refractivity contribution in [3.8, 4) is 0 Å². The van der Waals surface area contributed by atoms with E-state index in [9.17, 15) is 14.4 Å². The molecule has 0 amide bonds. The van der Waals surface area contributed by atoms with Crippen molar-refractivity contribution in [1.82, 2.24) is 4.90 Å². The molecule has 6 nitrogen and oxygen atoms in total. The average molecular weight is 305 g/mol. The van der Waals surface area contributed by atoms with E-state index in [0.717, 1.165) is 24.7 Å². The molecule has 2 N–H and O–H groups in total. The van der Waals surface area contributed by atoms with Gasteiger partial charge in [0.15, 0.2) is 5.12 Å². The molecule has 0 atom stereocenters. The molecule has 0 rings (SSSR count). The molecule has 0 heterocycles. The number of nitrogens with zero attached hydrogens (tertiary/aromatic N) is 1. The molecule has 0 aromatic carbocycles. The van der Waals surface area contributed by atoms with E-state index in [0.29, 0.717) is 19.3 Å². The smallest absolute Gasteiger partial charge is 0.303 e. The Hall–Kier alpha value is -1.08. The van der Waals surface area contributed by atoms with Crippen LogP contribution in [0.25, 0.3) is 0 Å². The molecule has 20 heavy (non-hydrogen) atoms. The predicted octanol–water partition coefficient (Wildman–Crippen LogP) is 1.69. The third-order valence-electron chi connectivity index (χ3n) is 2.64. The number of carbonyl (C=O) groups is 3. The lowest BCUT2D eigenvalue weighted by Gasteiger charge is -2.14. The summed E-state index contributed by atoms with van der Waals surface area (Å²) in [4.78, 5) is 34.9. The van der Waals surface area contributed by atoms with Gasteiger partial charge in [0.05, 0.1) is 0 Å². The Kier molecular flexibility index (Phi) is 10.1. The molecule has 0 unspecified atom stereocenters. The van der Waals surface area contributed by atoms with Crippen LogP contribution in [0.1, 0.15) is 38.5 Å². The Morgan fingerprint density at radius 1 is 1.00 bits per heavy atom. The number of hydrogen-bond donors (Lipinski definition) is 2. The van der Waals surface area contributed by atoms with E-state index in [2.05, 4.69) is 0 Å². The molecule has 0 saturated carbocycles. The molecule has 0 aliphatic carbocycles. The normalized spacial score (nSPS) is 11.0. The van der Waals surface area contributed by atoms with Crippen molar-refractivity contribution in [2.24, 2.45) is 0 Å². The van der Waals surface area contributed by atoms with E-state index >= 15 is 0 Å². The van der Waals surface area contributed by atoms with Crippen LogP contribution in [0.2, 0.25) is 0 Å². The molecule has 0 radical (unpaired) electrons. The lowest BCUT2D eigenvalue weighted by Crippen LogP contribution is -2.15. The van der Waals surface area contributed by atoms with Crippen molar-refractivity contribution in [1.29, 1.82) is 0 Å². The quantitative estimate of drug-likeness (QED) is 0.599. The Labute approximate surface area is 123 Å². The minimum Gasteiger partial charge on any atom is -0.481 e. The number of hydrogen-bond acceptors (Lipinski definition) is 5. The lowest BCUT2D eigenvalue weighted by atomic mass is 10.1. The molecular weight excluding hydrogens is 282 g/mol. The van der Waals surface area contributed by atoms with Gasteiger partial charge in [-0.1, -0.05) is 11.8 Å². The summed E-state index contributed by atoms with van der Waals surface area (Å²) in [7, 11) is 3.86. The molecule has 7 heteroatoms. The largest absolute Gasteiger partial charge is 0.481 e. The Morgan fingerprint density at radius 3 is 1.90 bits per heavy atom. The molecule has 0 aliphatic heterocycles. The van der Waals surface area contributed by atoms with Crippen LogP contribution in [0, 0.1) is 0 Å². The van der Waals surface area contributed by atoms with Crippen molar-refractivity contribution in [3.63, 3.8) is 0 Å². The molecule has 116 valence electrons. The lowest BCUT2D eigenvalue weighted by molar-refractivity contribution is -0.137. The fraction of sp³-hybridized carbons (Fsp3) is 0.769. The van der Waals surface area contributed by atoms with Crippen molar-refractivity contribution >= 4 is 28.8 Å². The fourth-order valence-corrected chi connectivity index (χ4v) is 2.72. The van der Waals surface area contributed by atoms with E-state index in [-0.39, 0.29) is 23.2 Å². The van der Waals surface area contributed by atoms with Crippen molar-refractivity contribution in [2.75, 3.05) is 20.6 Å². The van der Waals surface area contributed by atoms with E-state index in [1.54, 1.807) is 0 Å². The third kappa shape index (κ3) is 12.0. The topological polar surface area (TPSA) is 94.9 Å². The Balaban J connectivity index is 4.13. The predicted molar refractivity (Wildman–Crippen MR) is 77.9 cm³/mol. The summed E-state index contributed by atoms with van der Waals surface area (Å²) < 4.78 is 0. The molecule has 0 saturated heterocycles. The van der Waals surface area contributed by atoms with Crippen molar-refractivity contribution in [2.45, 2.75) is 43.8 Å². The minimum atomic E-state index is -0.925. The van der Waals surface area contributed by atoms with E-state index in [4.69, 9.17) is 10.2 Å². The molecular formula is C13H23NO5S. The third-order valence-corrected chi connectivity index (χ3v) is 3.92. The zero-order chi connectivity index (χ0) is 15.5. The summed E-state index contributed by atoms with van der Waals surface area (Å²) >= 11 is 1.10. The number of aliphatic carboxylic acids is 2. The van der Waals surface area contributed by atoms with Crippen LogP contribution >= 0.6 is 11.8 Å². The van der Waals surface area contributed by atoms with Gasteiger partial charge in [0.1, 0.15) is 0 Å². The Morgan fingerprint density at radius 2 is 1.50 bits per heavy atom. The molecule has 0 spiro atoms. The van der Waals surface area contributed by atoms with Crippen LogP contribution in [-0.2, 0) is 14.4 Å².